The van der Waals surface area contributed by atoms with Crippen molar-refractivity contribution < 1.29 is 58.7 Å². The first kappa shape index (κ1) is 28.5. The van der Waals surface area contributed by atoms with Gasteiger partial charge in [0.1, 0.15) is 24.4 Å². The smallest absolute Gasteiger partial charge is 0.231 e. The van der Waals surface area contributed by atoms with Crippen molar-refractivity contribution in [3.05, 3.63) is 23.3 Å². The number of rotatable bonds is 6. The summed E-state index contributed by atoms with van der Waals surface area (Å²) in [6.45, 7) is 3.15. The van der Waals surface area contributed by atoms with Crippen molar-refractivity contribution in [2.75, 3.05) is 34.7 Å². The highest BCUT2D eigenvalue weighted by atomic mass is 16.7. The summed E-state index contributed by atoms with van der Waals surface area (Å²) in [6.07, 6.45) is -6.75. The second-order valence-electron chi connectivity index (χ2n) is 10.6. The number of aliphatic hydroxyl groups excluding tert-OH is 4. The van der Waals surface area contributed by atoms with Crippen molar-refractivity contribution in [3.63, 3.8) is 0 Å². The van der Waals surface area contributed by atoms with Crippen LogP contribution in [0.2, 0.25) is 0 Å². The lowest BCUT2D eigenvalue weighted by atomic mass is 9.75. The minimum Gasteiger partial charge on any atom is -0.492 e. The fraction of sp³-hybridized carbons (Fsp3) is 0.571. The van der Waals surface area contributed by atoms with E-state index in [0.717, 1.165) is 5.56 Å². The van der Waals surface area contributed by atoms with Gasteiger partial charge in [0, 0.05) is 17.5 Å². The molecule has 7 atom stereocenters. The minimum atomic E-state index is -1.64. The van der Waals surface area contributed by atoms with Crippen LogP contribution in [-0.4, -0.2) is 96.6 Å². The van der Waals surface area contributed by atoms with Crippen LogP contribution in [0.15, 0.2) is 12.1 Å². The monoisotopic (exact) mass is 564 g/mol. The number of ether oxygens (including phenoxy) is 7. The van der Waals surface area contributed by atoms with E-state index in [1.165, 1.54) is 21.3 Å². The number of fused-ring (bicyclic) bond motifs is 4. The number of hydrogen-bond acceptors (Lipinski definition) is 12. The first-order chi connectivity index (χ1) is 19.1. The highest BCUT2D eigenvalue weighted by Crippen LogP contribution is 2.57. The van der Waals surface area contributed by atoms with Crippen LogP contribution in [0, 0.1) is 5.92 Å². The van der Waals surface area contributed by atoms with Gasteiger partial charge < -0.3 is 58.7 Å². The minimum absolute atomic E-state index is 0.0427. The molecular weight excluding hydrogens is 528 g/mol. The van der Waals surface area contributed by atoms with Gasteiger partial charge in [-0.15, -0.1) is 0 Å². The van der Waals surface area contributed by atoms with Gasteiger partial charge in [0.15, 0.2) is 23.0 Å². The van der Waals surface area contributed by atoms with Crippen molar-refractivity contribution in [3.8, 4) is 45.6 Å². The molecule has 12 nitrogen and oxygen atoms in total. The van der Waals surface area contributed by atoms with E-state index >= 15 is 0 Å². The largest absolute Gasteiger partial charge is 0.492 e. The van der Waals surface area contributed by atoms with E-state index in [1.807, 2.05) is 13.0 Å². The Kier molecular flexibility index (Phi) is 7.68. The molecule has 5 rings (SSSR count). The van der Waals surface area contributed by atoms with Crippen LogP contribution in [0.25, 0.3) is 11.1 Å². The summed E-state index contributed by atoms with van der Waals surface area (Å²) >= 11 is 0. The van der Waals surface area contributed by atoms with E-state index < -0.39 is 42.9 Å². The summed E-state index contributed by atoms with van der Waals surface area (Å²) in [5.41, 5.74) is 1.59. The molecule has 2 aromatic rings. The van der Waals surface area contributed by atoms with Gasteiger partial charge in [-0.25, -0.2) is 0 Å². The maximum Gasteiger partial charge on any atom is 0.231 e. The Morgan fingerprint density at radius 1 is 0.900 bits per heavy atom. The maximum atomic E-state index is 11.6. The normalized spacial score (nSPS) is 30.9. The average molecular weight is 565 g/mol. The quantitative estimate of drug-likeness (QED) is 0.335. The summed E-state index contributed by atoms with van der Waals surface area (Å²) in [6, 6.07) is 3.53. The maximum absolute atomic E-state index is 11.6. The number of benzene rings is 2. The van der Waals surface area contributed by atoms with E-state index in [1.54, 1.807) is 13.0 Å². The van der Waals surface area contributed by atoms with E-state index in [4.69, 9.17) is 33.2 Å². The van der Waals surface area contributed by atoms with E-state index in [9.17, 15) is 25.5 Å². The summed E-state index contributed by atoms with van der Waals surface area (Å²) in [5, 5.41) is 52.2. The molecule has 0 bridgehead atoms. The Hall–Kier alpha value is -3.00. The van der Waals surface area contributed by atoms with Crippen molar-refractivity contribution >= 4 is 0 Å². The Balaban J connectivity index is 1.73. The summed E-state index contributed by atoms with van der Waals surface area (Å²) in [5.74, 6) is 1.76. The summed E-state index contributed by atoms with van der Waals surface area (Å²) in [4.78, 5) is 0. The lowest BCUT2D eigenvalue weighted by molar-refractivity contribution is -0.277. The van der Waals surface area contributed by atoms with Crippen molar-refractivity contribution in [1.82, 2.24) is 0 Å². The van der Waals surface area contributed by atoms with Crippen molar-refractivity contribution in [2.45, 2.75) is 63.0 Å². The predicted molar refractivity (Wildman–Crippen MR) is 139 cm³/mol. The first-order valence-corrected chi connectivity index (χ1v) is 13.0. The zero-order valence-corrected chi connectivity index (χ0v) is 23.0. The molecule has 0 saturated carbocycles. The SMILES string of the molecule is COc1c(O[C@@H]2O[C@H](CO)[C@@H](O)[C@H](O)[C@H]2O)cc2c(c1OC)-c1c(cc3c(c1OC)OCO3)C[C@H](C)[C@@](C)(O)C2. The van der Waals surface area contributed by atoms with Crippen LogP contribution in [-0.2, 0) is 17.6 Å². The molecule has 0 aromatic heterocycles. The van der Waals surface area contributed by atoms with E-state index in [0.29, 0.717) is 40.4 Å². The van der Waals surface area contributed by atoms with Crippen LogP contribution in [0.1, 0.15) is 25.0 Å². The molecule has 2 heterocycles. The second kappa shape index (κ2) is 10.8. The Morgan fingerprint density at radius 2 is 1.57 bits per heavy atom. The molecule has 220 valence electrons. The van der Waals surface area contributed by atoms with Crippen LogP contribution < -0.4 is 28.4 Å². The fourth-order valence-corrected chi connectivity index (χ4v) is 5.65. The van der Waals surface area contributed by atoms with Crippen LogP contribution in [0.4, 0.5) is 0 Å². The number of methoxy groups -OCH3 is 3. The second-order valence-corrected chi connectivity index (χ2v) is 10.6. The standard InChI is InChI=1S/C28H36O12/c1-12-6-13-7-15-24(38-11-37-15)26(36-5)18(13)19-14(9-28(12,2)33)8-16(23(34-3)25(19)35-4)39-27-22(32)21(31)20(30)17(10-29)40-27/h7-8,12,17,20-22,27,29-33H,6,9-11H2,1-5H3/t12-,17+,20+,21-,22+,27+,28-/m0/s1. The number of aliphatic hydroxyl groups is 5. The molecule has 5 N–H and O–H groups in total. The van der Waals surface area contributed by atoms with Crippen molar-refractivity contribution in [1.29, 1.82) is 0 Å². The van der Waals surface area contributed by atoms with E-state index in [2.05, 4.69) is 0 Å². The third-order valence-corrected chi connectivity index (χ3v) is 8.07. The van der Waals surface area contributed by atoms with Gasteiger partial charge in [-0.3, -0.25) is 0 Å². The fourth-order valence-electron chi connectivity index (χ4n) is 5.65. The van der Waals surface area contributed by atoms with E-state index in [-0.39, 0.29) is 36.4 Å². The Labute approximate surface area is 231 Å². The van der Waals surface area contributed by atoms with Crippen LogP contribution >= 0.6 is 0 Å². The topological polar surface area (TPSA) is 166 Å². The van der Waals surface area contributed by atoms with Gasteiger partial charge in [-0.05, 0) is 42.5 Å². The Bertz CT molecular complexity index is 1260. The molecule has 12 heteroatoms. The zero-order chi connectivity index (χ0) is 28.9. The zero-order valence-electron chi connectivity index (χ0n) is 23.0. The molecule has 1 fully saturated rings. The van der Waals surface area contributed by atoms with Crippen molar-refractivity contribution in [2.24, 2.45) is 5.92 Å². The van der Waals surface area contributed by atoms with Gasteiger partial charge in [-0.1, -0.05) is 6.92 Å². The van der Waals surface area contributed by atoms with Gasteiger partial charge in [0.2, 0.25) is 24.6 Å². The predicted octanol–water partition coefficient (Wildman–Crippen LogP) is 0.772. The highest BCUT2D eigenvalue weighted by molar-refractivity contribution is 5.88. The molecule has 2 aliphatic heterocycles. The summed E-state index contributed by atoms with van der Waals surface area (Å²) in [7, 11) is 4.42. The van der Waals surface area contributed by atoms with Gasteiger partial charge in [0.05, 0.1) is 33.5 Å². The van der Waals surface area contributed by atoms with Gasteiger partial charge in [0.25, 0.3) is 0 Å². The molecule has 2 aromatic carbocycles. The van der Waals surface area contributed by atoms with Gasteiger partial charge in [-0.2, -0.15) is 0 Å². The lowest BCUT2D eigenvalue weighted by Gasteiger charge is -2.40. The first-order valence-electron chi connectivity index (χ1n) is 13.0. The molecule has 3 aliphatic rings. The molecular formula is C28H36O12. The molecule has 0 radical (unpaired) electrons. The van der Waals surface area contributed by atoms with Crippen LogP contribution in [0.5, 0.6) is 34.5 Å². The third-order valence-electron chi connectivity index (χ3n) is 8.07. The Morgan fingerprint density at radius 3 is 2.23 bits per heavy atom. The molecule has 1 saturated heterocycles. The molecule has 0 unspecified atom stereocenters. The third kappa shape index (κ3) is 4.58. The molecule has 0 amide bonds. The molecule has 40 heavy (non-hydrogen) atoms. The average Bonchev–Trinajstić information content (AvgIpc) is 3.40. The van der Waals surface area contributed by atoms with Crippen LogP contribution in [0.3, 0.4) is 0 Å². The lowest BCUT2D eigenvalue weighted by Crippen LogP contribution is -2.60. The van der Waals surface area contributed by atoms with Gasteiger partial charge >= 0.3 is 0 Å². The highest BCUT2D eigenvalue weighted by Gasteiger charge is 2.46. The molecule has 1 aliphatic carbocycles. The molecule has 0 spiro atoms. The summed E-state index contributed by atoms with van der Waals surface area (Å²) < 4.78 is 40.5. The number of hydrogen-bond donors (Lipinski definition) is 5.